The second kappa shape index (κ2) is 23.0. The van der Waals surface area contributed by atoms with E-state index in [0.717, 1.165) is 44.8 Å². The van der Waals surface area contributed by atoms with Crippen molar-refractivity contribution in [3.8, 4) is 90.8 Å². The normalized spacial score (nSPS) is 11.6. The fourth-order valence-corrected chi connectivity index (χ4v) is 15.6. The third-order valence-corrected chi connectivity index (χ3v) is 20.0. The van der Waals surface area contributed by atoms with Gasteiger partial charge in [0.15, 0.2) is 34.9 Å². The van der Waals surface area contributed by atoms with Crippen molar-refractivity contribution < 1.29 is 0 Å². The van der Waals surface area contributed by atoms with Crippen LogP contribution in [0.15, 0.2) is 315 Å². The SMILES string of the molecule is c1ccc(-c2nc(-c3ccccc3)nc(-c3ccc4c(c3)sc3ccc(-n5c6ccccc6c6cccc(-c7ccccc7)c65)cc34)n2)cc1.c1ccc(-c2nc(-c3ccccc3)nc(-c3ccc4c(c3)sc3ccc(-n5c6ccccc6c6ccccc65)cc34)n2)cc1. The summed E-state index contributed by atoms with van der Waals surface area (Å²) in [6.07, 6.45) is 0. The molecular formula is C84H52N8S2. The van der Waals surface area contributed by atoms with Crippen LogP contribution < -0.4 is 0 Å². The van der Waals surface area contributed by atoms with E-state index < -0.39 is 0 Å². The van der Waals surface area contributed by atoms with Gasteiger partial charge in [0.1, 0.15) is 0 Å². The van der Waals surface area contributed by atoms with Crippen LogP contribution in [0.4, 0.5) is 0 Å². The fraction of sp³-hybridized carbons (Fsp3) is 0. The Balaban J connectivity index is 0.000000139. The maximum absolute atomic E-state index is 4.98. The van der Waals surface area contributed by atoms with Gasteiger partial charge in [0.25, 0.3) is 0 Å². The third-order valence-electron chi connectivity index (χ3n) is 17.7. The largest absolute Gasteiger partial charge is 0.309 e. The second-order valence-corrected chi connectivity index (χ2v) is 25.5. The summed E-state index contributed by atoms with van der Waals surface area (Å²) in [6, 6.07) is 111. The molecule has 440 valence electrons. The molecule has 6 aromatic heterocycles. The summed E-state index contributed by atoms with van der Waals surface area (Å²) in [6.45, 7) is 0. The molecule has 19 rings (SSSR count). The standard InChI is InChI=1S/C45H28N4S.C39H24N4S/c1-4-13-29(14-5-1)34-20-12-21-37-35-19-10-11-22-39(35)49(42(34)37)33-24-26-40-38(28-33)36-25-23-32(27-41(36)50-40)45-47-43(30-15-6-2-7-16-30)46-44(48-45)31-17-8-3-9-18-31;1-3-11-25(12-4-1)37-40-38(26-13-5-2-6-14-26)42-39(41-37)27-19-21-31-32-24-28(20-22-35(32)44-36(31)23-27)43-33-17-9-7-15-29(33)30-16-8-10-18-34(30)43/h1-28H;1-24H. The van der Waals surface area contributed by atoms with E-state index in [1.54, 1.807) is 22.7 Å². The summed E-state index contributed by atoms with van der Waals surface area (Å²) in [5.74, 6) is 4.00. The first-order valence-electron chi connectivity index (χ1n) is 31.3. The molecular weight excluding hydrogens is 1190 g/mol. The van der Waals surface area contributed by atoms with Gasteiger partial charge in [-0.15, -0.1) is 22.7 Å². The van der Waals surface area contributed by atoms with Crippen LogP contribution >= 0.6 is 22.7 Å². The molecule has 94 heavy (non-hydrogen) atoms. The predicted octanol–water partition coefficient (Wildman–Crippen LogP) is 22.3. The minimum absolute atomic E-state index is 0.663. The van der Waals surface area contributed by atoms with Crippen molar-refractivity contribution in [1.29, 1.82) is 0 Å². The van der Waals surface area contributed by atoms with Crippen LogP contribution in [-0.4, -0.2) is 39.0 Å². The fourth-order valence-electron chi connectivity index (χ4n) is 13.3. The lowest BCUT2D eigenvalue weighted by atomic mass is 10.0. The van der Waals surface area contributed by atoms with Gasteiger partial charge >= 0.3 is 0 Å². The van der Waals surface area contributed by atoms with Crippen molar-refractivity contribution >= 4 is 107 Å². The average molecular weight is 1240 g/mol. The molecule has 0 fully saturated rings. The zero-order valence-electron chi connectivity index (χ0n) is 50.4. The molecule has 0 spiro atoms. The minimum atomic E-state index is 0.663. The number of hydrogen-bond acceptors (Lipinski definition) is 8. The zero-order chi connectivity index (χ0) is 62.1. The van der Waals surface area contributed by atoms with E-state index in [4.69, 9.17) is 29.9 Å². The van der Waals surface area contributed by atoms with Crippen molar-refractivity contribution in [2.24, 2.45) is 0 Å². The van der Waals surface area contributed by atoms with Crippen molar-refractivity contribution in [1.82, 2.24) is 39.0 Å². The summed E-state index contributed by atoms with van der Waals surface area (Å²) in [4.78, 5) is 29.6. The Morgan fingerprint density at radius 3 is 0.947 bits per heavy atom. The lowest BCUT2D eigenvalue weighted by Gasteiger charge is -2.12. The molecule has 0 atom stereocenters. The molecule has 0 saturated heterocycles. The van der Waals surface area contributed by atoms with Crippen LogP contribution in [0.25, 0.3) is 175 Å². The Morgan fingerprint density at radius 2 is 0.532 bits per heavy atom. The van der Waals surface area contributed by atoms with Crippen LogP contribution in [0.3, 0.4) is 0 Å². The molecule has 0 aliphatic rings. The molecule has 0 saturated carbocycles. The Hall–Kier alpha value is -12.1. The molecule has 0 amide bonds. The average Bonchev–Trinajstić information content (AvgIpc) is 1.49. The van der Waals surface area contributed by atoms with E-state index in [9.17, 15) is 0 Å². The molecule has 0 unspecified atom stereocenters. The Labute approximate surface area is 548 Å². The lowest BCUT2D eigenvalue weighted by Crippen LogP contribution is -1.99. The van der Waals surface area contributed by atoms with Crippen molar-refractivity contribution in [3.63, 3.8) is 0 Å². The zero-order valence-corrected chi connectivity index (χ0v) is 52.0. The highest BCUT2D eigenvalue weighted by Crippen LogP contribution is 2.43. The molecule has 0 radical (unpaired) electrons. The molecule has 19 aromatic rings. The van der Waals surface area contributed by atoms with Gasteiger partial charge in [-0.25, -0.2) is 29.9 Å². The first kappa shape index (κ1) is 54.8. The predicted molar refractivity (Wildman–Crippen MR) is 392 cm³/mol. The van der Waals surface area contributed by atoms with Crippen LogP contribution in [0.2, 0.25) is 0 Å². The van der Waals surface area contributed by atoms with Crippen LogP contribution in [0.1, 0.15) is 0 Å². The quantitative estimate of drug-likeness (QED) is 0.143. The number of aromatic nitrogens is 8. The van der Waals surface area contributed by atoms with Gasteiger partial charge in [-0.1, -0.05) is 249 Å². The monoisotopic (exact) mass is 1240 g/mol. The van der Waals surface area contributed by atoms with Gasteiger partial charge in [-0.05, 0) is 72.3 Å². The van der Waals surface area contributed by atoms with E-state index in [2.05, 4.69) is 203 Å². The summed E-state index contributed by atoms with van der Waals surface area (Å²) in [7, 11) is 0. The van der Waals surface area contributed by atoms with Gasteiger partial charge < -0.3 is 9.13 Å². The highest BCUT2D eigenvalue weighted by Gasteiger charge is 2.21. The third kappa shape index (κ3) is 9.67. The minimum Gasteiger partial charge on any atom is -0.309 e. The van der Waals surface area contributed by atoms with Crippen molar-refractivity contribution in [3.05, 3.63) is 315 Å². The number of para-hydroxylation sites is 4. The first-order valence-corrected chi connectivity index (χ1v) is 33.0. The smallest absolute Gasteiger partial charge is 0.164 e. The lowest BCUT2D eigenvalue weighted by molar-refractivity contribution is 1.07. The topological polar surface area (TPSA) is 87.2 Å². The maximum Gasteiger partial charge on any atom is 0.164 e. The Bertz CT molecular complexity index is 5930. The van der Waals surface area contributed by atoms with E-state index >= 15 is 0 Å². The number of benzene rings is 13. The molecule has 0 N–H and O–H groups in total. The number of rotatable bonds is 9. The van der Waals surface area contributed by atoms with Gasteiger partial charge in [0, 0.05) is 112 Å². The summed E-state index contributed by atoms with van der Waals surface area (Å²) < 4.78 is 9.72. The molecule has 6 heterocycles. The van der Waals surface area contributed by atoms with E-state index in [1.165, 1.54) is 95.1 Å². The maximum atomic E-state index is 4.98. The molecule has 0 aliphatic carbocycles. The summed E-state index contributed by atoms with van der Waals surface area (Å²) >= 11 is 3.61. The number of nitrogens with zero attached hydrogens (tertiary/aromatic N) is 8. The highest BCUT2D eigenvalue weighted by molar-refractivity contribution is 7.26. The van der Waals surface area contributed by atoms with Gasteiger partial charge in [-0.3, -0.25) is 0 Å². The van der Waals surface area contributed by atoms with Crippen LogP contribution in [0, 0.1) is 0 Å². The molecule has 8 nitrogen and oxygen atoms in total. The Kier molecular flexibility index (Phi) is 13.4. The summed E-state index contributed by atoms with van der Waals surface area (Å²) in [5.41, 5.74) is 15.4. The molecule has 13 aromatic carbocycles. The van der Waals surface area contributed by atoms with Crippen molar-refractivity contribution in [2.45, 2.75) is 0 Å². The van der Waals surface area contributed by atoms with Gasteiger partial charge in [0.05, 0.1) is 22.1 Å². The highest BCUT2D eigenvalue weighted by atomic mass is 32.1. The van der Waals surface area contributed by atoms with E-state index in [1.807, 2.05) is 121 Å². The van der Waals surface area contributed by atoms with Gasteiger partial charge in [0.2, 0.25) is 0 Å². The molecule has 0 bridgehead atoms. The molecule has 0 aliphatic heterocycles. The van der Waals surface area contributed by atoms with Crippen molar-refractivity contribution in [2.75, 3.05) is 0 Å². The number of thiophene rings is 2. The number of hydrogen-bond donors (Lipinski definition) is 0. The van der Waals surface area contributed by atoms with Crippen LogP contribution in [0.5, 0.6) is 0 Å². The second-order valence-electron chi connectivity index (χ2n) is 23.4. The summed E-state index contributed by atoms with van der Waals surface area (Å²) in [5, 5.41) is 9.99. The van der Waals surface area contributed by atoms with Gasteiger partial charge in [-0.2, -0.15) is 0 Å². The van der Waals surface area contributed by atoms with E-state index in [-0.39, 0.29) is 0 Å². The van der Waals surface area contributed by atoms with E-state index in [0.29, 0.717) is 34.9 Å². The Morgan fingerprint density at radius 1 is 0.202 bits per heavy atom. The van der Waals surface area contributed by atoms with Crippen LogP contribution in [-0.2, 0) is 0 Å². The molecule has 10 heteroatoms. The first-order chi connectivity index (χ1) is 46.6. The number of fused-ring (bicyclic) bond motifs is 12.